The van der Waals surface area contributed by atoms with E-state index < -0.39 is 0 Å². The van der Waals surface area contributed by atoms with E-state index in [0.717, 1.165) is 0 Å². The van der Waals surface area contributed by atoms with Crippen LogP contribution in [-0.4, -0.2) is 4.98 Å². The van der Waals surface area contributed by atoms with E-state index in [4.69, 9.17) is 0 Å². The van der Waals surface area contributed by atoms with E-state index in [0.29, 0.717) is 0 Å². The summed E-state index contributed by atoms with van der Waals surface area (Å²) in [6.45, 7) is 0. The fourth-order valence-electron chi connectivity index (χ4n) is 0.277. The Hall–Kier alpha value is -0.227. The molecule has 1 aromatic rings. The molecule has 0 unspecified atom stereocenters. The minimum Gasteiger partial charge on any atom is -0.394 e. The van der Waals surface area contributed by atoms with Crippen LogP contribution >= 0.6 is 0 Å². The van der Waals surface area contributed by atoms with E-state index in [-0.39, 0.29) is 19.5 Å². The van der Waals surface area contributed by atoms with E-state index >= 15 is 0 Å². The number of hydrogen-bond donors (Lipinski definition) is 0. The maximum Gasteiger partial charge on any atom is 0 e. The molecule has 2 heteroatoms. The van der Waals surface area contributed by atoms with Gasteiger partial charge in [-0.05, 0) is 0 Å². The van der Waals surface area contributed by atoms with Crippen molar-refractivity contribution in [1.82, 2.24) is 4.98 Å². The van der Waals surface area contributed by atoms with Crippen LogP contribution in [0, 0.1) is 6.20 Å². The van der Waals surface area contributed by atoms with Gasteiger partial charge in [0.15, 0.2) is 0 Å². The summed E-state index contributed by atoms with van der Waals surface area (Å²) in [7, 11) is 0. The Morgan fingerprint density at radius 1 is 1.29 bits per heavy atom. The molecule has 0 N–H and O–H groups in total. The SMILES string of the molecule is [Zn].[c-]1ccccn1. The first kappa shape index (κ1) is 6.77. The molecule has 0 atom stereocenters. The Balaban J connectivity index is 0.000000360. The maximum atomic E-state index is 3.66. The van der Waals surface area contributed by atoms with Gasteiger partial charge >= 0.3 is 0 Å². The van der Waals surface area contributed by atoms with Crippen molar-refractivity contribution >= 4 is 0 Å². The third-order valence-electron chi connectivity index (χ3n) is 0.517. The molecule has 7 heavy (non-hydrogen) atoms. The smallest absolute Gasteiger partial charge is 0 e. The van der Waals surface area contributed by atoms with Gasteiger partial charge in [-0.2, -0.15) is 18.2 Å². The Morgan fingerprint density at radius 3 is 2.29 bits per heavy atom. The number of rotatable bonds is 0. The molecule has 1 rings (SSSR count). The van der Waals surface area contributed by atoms with Crippen molar-refractivity contribution < 1.29 is 19.5 Å². The summed E-state index contributed by atoms with van der Waals surface area (Å²) >= 11 is 0. The van der Waals surface area contributed by atoms with Crippen LogP contribution in [0.5, 0.6) is 0 Å². The van der Waals surface area contributed by atoms with Gasteiger partial charge in [-0.25, -0.2) is 0 Å². The van der Waals surface area contributed by atoms with Gasteiger partial charge in [0, 0.05) is 19.5 Å². The predicted octanol–water partition coefficient (Wildman–Crippen LogP) is 0.879. The standard InChI is InChI=1S/C5H4N.Zn/c1-2-4-6-5-3-1;/h1-4H;/q-1;. The summed E-state index contributed by atoms with van der Waals surface area (Å²) in [5.74, 6) is 0. The molecule has 1 aromatic heterocycles. The van der Waals surface area contributed by atoms with Crippen molar-refractivity contribution in [3.63, 3.8) is 0 Å². The minimum atomic E-state index is 0. The molecule has 0 amide bonds. The van der Waals surface area contributed by atoms with E-state index in [9.17, 15) is 0 Å². The second kappa shape index (κ2) is 3.95. The Kier molecular flexibility index (Phi) is 3.82. The Morgan fingerprint density at radius 2 is 2.14 bits per heavy atom. The van der Waals surface area contributed by atoms with E-state index in [2.05, 4.69) is 11.2 Å². The molecule has 0 bridgehead atoms. The number of pyridine rings is 1. The van der Waals surface area contributed by atoms with Gasteiger partial charge in [0.2, 0.25) is 0 Å². The summed E-state index contributed by atoms with van der Waals surface area (Å²) in [6, 6.07) is 5.50. The summed E-state index contributed by atoms with van der Waals surface area (Å²) in [4.78, 5) is 3.66. The molecule has 1 nitrogen and oxygen atoms in total. The van der Waals surface area contributed by atoms with Crippen molar-refractivity contribution in [1.29, 1.82) is 0 Å². The van der Waals surface area contributed by atoms with Gasteiger partial charge in [-0.3, -0.25) is 0 Å². The van der Waals surface area contributed by atoms with Crippen LogP contribution in [0.15, 0.2) is 24.4 Å². The van der Waals surface area contributed by atoms with Crippen molar-refractivity contribution in [2.24, 2.45) is 0 Å². The zero-order chi connectivity index (χ0) is 4.24. The van der Waals surface area contributed by atoms with Crippen LogP contribution in [-0.2, 0) is 19.5 Å². The summed E-state index contributed by atoms with van der Waals surface area (Å²) in [5.41, 5.74) is 0. The molecule has 0 aliphatic rings. The van der Waals surface area contributed by atoms with Gasteiger partial charge in [0.1, 0.15) is 0 Å². The average molecular weight is 143 g/mol. The fourth-order valence-corrected chi connectivity index (χ4v) is 0.277. The van der Waals surface area contributed by atoms with E-state index in [1.165, 1.54) is 0 Å². The molecule has 0 aliphatic carbocycles. The molecular formula is C5H4NZn-. The largest absolute Gasteiger partial charge is 0.394 e. The van der Waals surface area contributed by atoms with Crippen LogP contribution in [0.1, 0.15) is 0 Å². The molecule has 0 aromatic carbocycles. The predicted molar refractivity (Wildman–Crippen MR) is 23.1 cm³/mol. The first-order valence-corrected chi connectivity index (χ1v) is 1.77. The maximum absolute atomic E-state index is 3.66. The zero-order valence-corrected chi connectivity index (χ0v) is 6.93. The third kappa shape index (κ3) is 2.47. The van der Waals surface area contributed by atoms with E-state index in [1.807, 2.05) is 12.1 Å². The molecule has 0 fully saturated rings. The van der Waals surface area contributed by atoms with Crippen LogP contribution < -0.4 is 0 Å². The summed E-state index contributed by atoms with van der Waals surface area (Å²) in [5, 5.41) is 0. The quantitative estimate of drug-likeness (QED) is 0.388. The third-order valence-corrected chi connectivity index (χ3v) is 0.517. The van der Waals surface area contributed by atoms with Crippen molar-refractivity contribution in [2.75, 3.05) is 0 Å². The number of nitrogens with zero attached hydrogens (tertiary/aromatic N) is 1. The van der Waals surface area contributed by atoms with Gasteiger partial charge in [0.05, 0.1) is 0 Å². The summed E-state index contributed by atoms with van der Waals surface area (Å²) < 4.78 is 0. The van der Waals surface area contributed by atoms with Crippen LogP contribution in [0.25, 0.3) is 0 Å². The first-order chi connectivity index (χ1) is 3.00. The van der Waals surface area contributed by atoms with Crippen molar-refractivity contribution in [3.8, 4) is 0 Å². The van der Waals surface area contributed by atoms with Gasteiger partial charge in [-0.15, -0.1) is 0 Å². The molecule has 0 spiro atoms. The molecule has 0 saturated heterocycles. The Labute approximate surface area is 55.5 Å². The van der Waals surface area contributed by atoms with Crippen molar-refractivity contribution in [3.05, 3.63) is 30.6 Å². The second-order valence-electron chi connectivity index (χ2n) is 0.959. The Bertz CT molecular complexity index is 80.0. The van der Waals surface area contributed by atoms with Gasteiger partial charge < -0.3 is 4.98 Å². The molecule has 1 heterocycles. The summed E-state index contributed by atoms with van der Waals surface area (Å²) in [6.07, 6.45) is 4.34. The fraction of sp³-hybridized carbons (Fsp3) is 0. The van der Waals surface area contributed by atoms with Gasteiger partial charge in [-0.1, -0.05) is 12.4 Å². The van der Waals surface area contributed by atoms with Gasteiger partial charge in [0.25, 0.3) is 0 Å². The molecular weight excluding hydrogens is 139 g/mol. The average Bonchev–Trinajstić information content (AvgIpc) is 1.72. The number of aromatic nitrogens is 1. The normalized spacial score (nSPS) is 6.86. The molecule has 32 valence electrons. The van der Waals surface area contributed by atoms with Crippen LogP contribution in [0.4, 0.5) is 0 Å². The van der Waals surface area contributed by atoms with Crippen LogP contribution in [0.3, 0.4) is 0 Å². The van der Waals surface area contributed by atoms with Crippen molar-refractivity contribution in [2.45, 2.75) is 0 Å². The number of hydrogen-bond acceptors (Lipinski definition) is 1. The molecule has 0 saturated carbocycles. The second-order valence-corrected chi connectivity index (χ2v) is 0.959. The van der Waals surface area contributed by atoms with Crippen LogP contribution in [0.2, 0.25) is 0 Å². The minimum absolute atomic E-state index is 0. The zero-order valence-electron chi connectivity index (χ0n) is 3.96. The monoisotopic (exact) mass is 142 g/mol. The topological polar surface area (TPSA) is 12.9 Å². The molecule has 0 aliphatic heterocycles. The van der Waals surface area contributed by atoms with E-state index in [1.54, 1.807) is 12.3 Å². The molecule has 0 radical (unpaired) electrons. The first-order valence-electron chi connectivity index (χ1n) is 1.77.